The number of rotatable bonds is 8. The van der Waals surface area contributed by atoms with Crippen LogP contribution in [-0.4, -0.2) is 19.3 Å². The molecule has 3 aromatic rings. The van der Waals surface area contributed by atoms with Gasteiger partial charge in [0.1, 0.15) is 23.9 Å². The van der Waals surface area contributed by atoms with E-state index in [0.29, 0.717) is 6.61 Å². The zero-order chi connectivity index (χ0) is 19.0. The maximum absolute atomic E-state index is 5.82. The van der Waals surface area contributed by atoms with Crippen molar-refractivity contribution in [2.75, 3.05) is 18.5 Å². The second kappa shape index (κ2) is 9.29. The minimum absolute atomic E-state index is 0.246. The molecule has 1 heterocycles. The van der Waals surface area contributed by atoms with E-state index in [9.17, 15) is 0 Å². The summed E-state index contributed by atoms with van der Waals surface area (Å²) >= 11 is 0. The van der Waals surface area contributed by atoms with Gasteiger partial charge in [0.2, 0.25) is 0 Å². The van der Waals surface area contributed by atoms with Gasteiger partial charge in [0.15, 0.2) is 0 Å². The largest absolute Gasteiger partial charge is 0.491 e. The zero-order valence-corrected chi connectivity index (χ0v) is 15.8. The van der Waals surface area contributed by atoms with Crippen LogP contribution in [0.15, 0.2) is 78.9 Å². The molecule has 4 nitrogen and oxygen atoms in total. The lowest BCUT2D eigenvalue weighted by Gasteiger charge is -2.12. The Morgan fingerprint density at radius 3 is 2.25 bits per heavy atom. The molecule has 0 spiro atoms. The average molecular weight is 375 g/mol. The average Bonchev–Trinajstić information content (AvgIpc) is 3.27. The molecule has 144 valence electrons. The Kier molecular flexibility index (Phi) is 6.10. The molecule has 0 aliphatic carbocycles. The predicted octanol–water partition coefficient (Wildman–Crippen LogP) is 5.65. The molecule has 4 heteroatoms. The minimum atomic E-state index is 0.246. The standard InChI is InChI=1S/C24H25NO3/c1-2-5-22(6-3-1)28-23-14-10-20(11-15-23)25-17-19-8-12-21(13-9-19)27-18-24-7-4-16-26-24/h1-3,5-6,8-15,24-25H,4,7,16-18H2. The first-order chi connectivity index (χ1) is 13.8. The number of hydrogen-bond donors (Lipinski definition) is 1. The highest BCUT2D eigenvalue weighted by Gasteiger charge is 2.15. The third-order valence-electron chi connectivity index (χ3n) is 4.71. The highest BCUT2D eigenvalue weighted by atomic mass is 16.5. The van der Waals surface area contributed by atoms with E-state index in [1.54, 1.807) is 0 Å². The first kappa shape index (κ1) is 18.4. The number of hydrogen-bond acceptors (Lipinski definition) is 4. The summed E-state index contributed by atoms with van der Waals surface area (Å²) in [5.41, 5.74) is 2.26. The summed E-state index contributed by atoms with van der Waals surface area (Å²) in [5, 5.41) is 3.43. The molecule has 0 aromatic heterocycles. The lowest BCUT2D eigenvalue weighted by molar-refractivity contribution is 0.0679. The van der Waals surface area contributed by atoms with Gasteiger partial charge in [0.25, 0.3) is 0 Å². The van der Waals surface area contributed by atoms with Crippen molar-refractivity contribution in [2.45, 2.75) is 25.5 Å². The Morgan fingerprint density at radius 2 is 1.54 bits per heavy atom. The van der Waals surface area contributed by atoms with E-state index >= 15 is 0 Å². The summed E-state index contributed by atoms with van der Waals surface area (Å²) in [7, 11) is 0. The zero-order valence-electron chi connectivity index (χ0n) is 15.8. The van der Waals surface area contributed by atoms with Crippen LogP contribution in [0.4, 0.5) is 5.69 Å². The maximum atomic E-state index is 5.82. The summed E-state index contributed by atoms with van der Waals surface area (Å²) < 4.78 is 17.2. The number of para-hydroxylation sites is 1. The van der Waals surface area contributed by atoms with Crippen LogP contribution in [0.1, 0.15) is 18.4 Å². The molecule has 1 atom stereocenters. The van der Waals surface area contributed by atoms with Crippen LogP contribution >= 0.6 is 0 Å². The van der Waals surface area contributed by atoms with Gasteiger partial charge in [0, 0.05) is 18.8 Å². The normalized spacial score (nSPS) is 15.9. The second-order valence-electron chi connectivity index (χ2n) is 6.88. The monoisotopic (exact) mass is 375 g/mol. The van der Waals surface area contributed by atoms with Crippen molar-refractivity contribution in [2.24, 2.45) is 0 Å². The Balaban J connectivity index is 1.24. The molecule has 28 heavy (non-hydrogen) atoms. The highest BCUT2D eigenvalue weighted by Crippen LogP contribution is 2.23. The fourth-order valence-electron chi connectivity index (χ4n) is 3.14. The SMILES string of the molecule is c1ccc(Oc2ccc(NCc3ccc(OCC4CCCO4)cc3)cc2)cc1. The molecule has 1 saturated heterocycles. The van der Waals surface area contributed by atoms with Crippen LogP contribution in [-0.2, 0) is 11.3 Å². The van der Waals surface area contributed by atoms with Crippen molar-refractivity contribution < 1.29 is 14.2 Å². The van der Waals surface area contributed by atoms with E-state index in [2.05, 4.69) is 17.4 Å². The lowest BCUT2D eigenvalue weighted by atomic mass is 10.2. The Labute approximate surface area is 166 Å². The van der Waals surface area contributed by atoms with E-state index in [-0.39, 0.29) is 6.10 Å². The molecular weight excluding hydrogens is 350 g/mol. The number of ether oxygens (including phenoxy) is 3. The van der Waals surface area contributed by atoms with Crippen molar-refractivity contribution in [1.82, 2.24) is 0 Å². The number of benzene rings is 3. The summed E-state index contributed by atoms with van der Waals surface area (Å²) in [5.74, 6) is 2.55. The van der Waals surface area contributed by atoms with Crippen molar-refractivity contribution in [3.63, 3.8) is 0 Å². The maximum Gasteiger partial charge on any atom is 0.127 e. The van der Waals surface area contributed by atoms with E-state index in [0.717, 1.165) is 48.9 Å². The third-order valence-corrected chi connectivity index (χ3v) is 4.71. The molecular formula is C24H25NO3. The van der Waals surface area contributed by atoms with Gasteiger partial charge in [-0.25, -0.2) is 0 Å². The molecule has 1 aliphatic heterocycles. The predicted molar refractivity (Wildman–Crippen MR) is 111 cm³/mol. The molecule has 1 unspecified atom stereocenters. The van der Waals surface area contributed by atoms with Gasteiger partial charge in [-0.3, -0.25) is 0 Å². The van der Waals surface area contributed by atoms with Gasteiger partial charge in [0.05, 0.1) is 6.10 Å². The molecule has 3 aromatic carbocycles. The molecule has 4 rings (SSSR count). The van der Waals surface area contributed by atoms with Crippen LogP contribution in [0.3, 0.4) is 0 Å². The summed E-state index contributed by atoms with van der Waals surface area (Å²) in [6.45, 7) is 2.25. The summed E-state index contributed by atoms with van der Waals surface area (Å²) in [6, 6.07) is 26.0. The number of nitrogens with one attached hydrogen (secondary N) is 1. The molecule has 1 aliphatic rings. The lowest BCUT2D eigenvalue weighted by Crippen LogP contribution is -2.16. The third kappa shape index (κ3) is 5.27. The van der Waals surface area contributed by atoms with Crippen molar-refractivity contribution >= 4 is 5.69 Å². The minimum Gasteiger partial charge on any atom is -0.491 e. The fourth-order valence-corrected chi connectivity index (χ4v) is 3.14. The molecule has 0 amide bonds. The smallest absolute Gasteiger partial charge is 0.127 e. The van der Waals surface area contributed by atoms with E-state index in [1.165, 1.54) is 5.56 Å². The molecule has 0 bridgehead atoms. The van der Waals surface area contributed by atoms with Crippen LogP contribution in [0.5, 0.6) is 17.2 Å². The fraction of sp³-hybridized carbons (Fsp3) is 0.250. The van der Waals surface area contributed by atoms with Crippen molar-refractivity contribution in [3.8, 4) is 17.2 Å². The van der Waals surface area contributed by atoms with Crippen LogP contribution < -0.4 is 14.8 Å². The van der Waals surface area contributed by atoms with Gasteiger partial charge >= 0.3 is 0 Å². The molecule has 1 fully saturated rings. The van der Waals surface area contributed by atoms with Crippen LogP contribution in [0.2, 0.25) is 0 Å². The number of anilines is 1. The Bertz CT molecular complexity index is 841. The summed E-state index contributed by atoms with van der Waals surface area (Å²) in [6.07, 6.45) is 2.48. The van der Waals surface area contributed by atoms with Gasteiger partial charge in [-0.2, -0.15) is 0 Å². The van der Waals surface area contributed by atoms with E-state index < -0.39 is 0 Å². The van der Waals surface area contributed by atoms with E-state index in [4.69, 9.17) is 14.2 Å². The van der Waals surface area contributed by atoms with Gasteiger partial charge in [-0.15, -0.1) is 0 Å². The Morgan fingerprint density at radius 1 is 0.821 bits per heavy atom. The van der Waals surface area contributed by atoms with E-state index in [1.807, 2.05) is 66.7 Å². The van der Waals surface area contributed by atoms with Crippen LogP contribution in [0, 0.1) is 0 Å². The Hall–Kier alpha value is -2.98. The summed E-state index contributed by atoms with van der Waals surface area (Å²) in [4.78, 5) is 0. The van der Waals surface area contributed by atoms with Crippen molar-refractivity contribution in [3.05, 3.63) is 84.4 Å². The quantitative estimate of drug-likeness (QED) is 0.552. The van der Waals surface area contributed by atoms with Gasteiger partial charge in [-0.1, -0.05) is 30.3 Å². The van der Waals surface area contributed by atoms with Gasteiger partial charge < -0.3 is 19.5 Å². The van der Waals surface area contributed by atoms with Gasteiger partial charge in [-0.05, 0) is 66.9 Å². The first-order valence-corrected chi connectivity index (χ1v) is 9.75. The van der Waals surface area contributed by atoms with Crippen molar-refractivity contribution in [1.29, 1.82) is 0 Å². The molecule has 1 N–H and O–H groups in total. The molecule has 0 saturated carbocycles. The second-order valence-corrected chi connectivity index (χ2v) is 6.88. The highest BCUT2D eigenvalue weighted by molar-refractivity contribution is 5.47. The van der Waals surface area contributed by atoms with Crippen LogP contribution in [0.25, 0.3) is 0 Å². The molecule has 0 radical (unpaired) electrons. The topological polar surface area (TPSA) is 39.7 Å². The first-order valence-electron chi connectivity index (χ1n) is 9.75.